The number of nitrogens with zero attached hydrogens (tertiary/aromatic N) is 4. The Hall–Kier alpha value is -3.59. The van der Waals surface area contributed by atoms with E-state index in [0.717, 1.165) is 15.4 Å². The van der Waals surface area contributed by atoms with Gasteiger partial charge in [0.05, 0.1) is 4.92 Å². The number of nitro groups is 1. The first-order chi connectivity index (χ1) is 14.0. The van der Waals surface area contributed by atoms with Crippen molar-refractivity contribution in [1.82, 2.24) is 15.0 Å². The molecule has 9 heteroatoms. The SMILES string of the molecule is Cc1cccc(Nc2ncnc(Oc3ccc(Br)c4cccnc34)c2[N+](=O)[O-])c1. The topological polar surface area (TPSA) is 103 Å². The van der Waals surface area contributed by atoms with Crippen LogP contribution in [0.5, 0.6) is 11.6 Å². The maximum absolute atomic E-state index is 11.8. The molecule has 8 nitrogen and oxygen atoms in total. The number of anilines is 2. The predicted molar refractivity (Wildman–Crippen MR) is 113 cm³/mol. The maximum atomic E-state index is 11.8. The van der Waals surface area contributed by atoms with E-state index in [1.807, 2.05) is 31.2 Å². The second-order valence-electron chi connectivity index (χ2n) is 6.17. The zero-order valence-corrected chi connectivity index (χ0v) is 16.8. The number of fused-ring (bicyclic) bond motifs is 1. The van der Waals surface area contributed by atoms with Crippen LogP contribution in [0.25, 0.3) is 10.9 Å². The summed E-state index contributed by atoms with van der Waals surface area (Å²) in [4.78, 5) is 23.6. The molecule has 4 aromatic rings. The molecular formula is C20H14BrN5O3. The lowest BCUT2D eigenvalue weighted by atomic mass is 10.2. The van der Waals surface area contributed by atoms with Crippen molar-refractivity contribution in [2.75, 3.05) is 5.32 Å². The average Bonchev–Trinajstić information content (AvgIpc) is 2.70. The number of halogens is 1. The molecule has 0 spiro atoms. The minimum atomic E-state index is -0.568. The normalized spacial score (nSPS) is 10.7. The highest BCUT2D eigenvalue weighted by Gasteiger charge is 2.26. The number of rotatable bonds is 5. The molecule has 2 aromatic heterocycles. The molecule has 0 saturated heterocycles. The smallest absolute Gasteiger partial charge is 0.373 e. The first-order valence-corrected chi connectivity index (χ1v) is 9.36. The van der Waals surface area contributed by atoms with Gasteiger partial charge in [-0.25, -0.2) is 4.98 Å². The number of ether oxygens (including phenoxy) is 1. The molecule has 144 valence electrons. The number of benzene rings is 2. The fourth-order valence-electron chi connectivity index (χ4n) is 2.85. The Bertz CT molecular complexity index is 1230. The van der Waals surface area contributed by atoms with Gasteiger partial charge in [0.2, 0.25) is 5.82 Å². The lowest BCUT2D eigenvalue weighted by Crippen LogP contribution is -2.04. The van der Waals surface area contributed by atoms with Crippen LogP contribution in [0.2, 0.25) is 0 Å². The van der Waals surface area contributed by atoms with Crippen LogP contribution >= 0.6 is 15.9 Å². The largest absolute Gasteiger partial charge is 0.431 e. The van der Waals surface area contributed by atoms with Gasteiger partial charge in [0.1, 0.15) is 11.8 Å². The summed E-state index contributed by atoms with van der Waals surface area (Å²) in [5, 5.41) is 15.6. The van der Waals surface area contributed by atoms with Crippen LogP contribution < -0.4 is 10.1 Å². The number of hydrogen-bond donors (Lipinski definition) is 1. The summed E-state index contributed by atoms with van der Waals surface area (Å²) < 4.78 is 6.66. The number of nitrogens with one attached hydrogen (secondary N) is 1. The highest BCUT2D eigenvalue weighted by Crippen LogP contribution is 2.38. The quantitative estimate of drug-likeness (QED) is 0.313. The summed E-state index contributed by atoms with van der Waals surface area (Å²) in [6, 6.07) is 14.6. The fraction of sp³-hybridized carbons (Fsp3) is 0.0500. The Kier molecular flexibility index (Phi) is 5.05. The van der Waals surface area contributed by atoms with E-state index >= 15 is 0 Å². The molecule has 29 heavy (non-hydrogen) atoms. The molecule has 2 heterocycles. The van der Waals surface area contributed by atoms with E-state index in [4.69, 9.17) is 4.74 Å². The minimum absolute atomic E-state index is 0.0416. The fourth-order valence-corrected chi connectivity index (χ4v) is 3.30. The Balaban J connectivity index is 1.77. The Morgan fingerprint density at radius 3 is 2.76 bits per heavy atom. The van der Waals surface area contributed by atoms with Gasteiger partial charge in [-0.05, 0) is 42.8 Å². The molecule has 2 aromatic carbocycles. The molecule has 0 bridgehead atoms. The van der Waals surface area contributed by atoms with Crippen molar-refractivity contribution in [3.63, 3.8) is 0 Å². The number of aryl methyl sites for hydroxylation is 1. The van der Waals surface area contributed by atoms with E-state index in [-0.39, 0.29) is 17.4 Å². The first-order valence-electron chi connectivity index (χ1n) is 8.57. The molecule has 0 radical (unpaired) electrons. The number of pyridine rings is 1. The van der Waals surface area contributed by atoms with E-state index in [9.17, 15) is 10.1 Å². The van der Waals surface area contributed by atoms with E-state index in [1.165, 1.54) is 6.33 Å². The van der Waals surface area contributed by atoms with Gasteiger partial charge in [-0.3, -0.25) is 15.1 Å². The molecule has 0 unspecified atom stereocenters. The lowest BCUT2D eigenvalue weighted by molar-refractivity contribution is -0.385. The third kappa shape index (κ3) is 3.85. The molecule has 4 rings (SSSR count). The van der Waals surface area contributed by atoms with Gasteiger partial charge in [0.15, 0.2) is 5.75 Å². The summed E-state index contributed by atoms with van der Waals surface area (Å²) in [6.45, 7) is 1.93. The summed E-state index contributed by atoms with van der Waals surface area (Å²) in [7, 11) is 0. The van der Waals surface area contributed by atoms with Gasteiger partial charge in [0, 0.05) is 21.7 Å². The minimum Gasteiger partial charge on any atom is -0.431 e. The Morgan fingerprint density at radius 2 is 1.97 bits per heavy atom. The van der Waals surface area contributed by atoms with Crippen LogP contribution in [0.4, 0.5) is 17.2 Å². The Labute approximate surface area is 173 Å². The third-order valence-electron chi connectivity index (χ3n) is 4.14. The van der Waals surface area contributed by atoms with Crippen molar-refractivity contribution in [3.05, 3.63) is 81.2 Å². The lowest BCUT2D eigenvalue weighted by Gasteiger charge is -2.11. The first kappa shape index (κ1) is 18.8. The molecule has 0 atom stereocenters. The van der Waals surface area contributed by atoms with Gasteiger partial charge in [-0.1, -0.05) is 34.1 Å². The van der Waals surface area contributed by atoms with Crippen molar-refractivity contribution in [2.45, 2.75) is 6.92 Å². The van der Waals surface area contributed by atoms with Gasteiger partial charge in [-0.15, -0.1) is 0 Å². The van der Waals surface area contributed by atoms with Crippen molar-refractivity contribution in [3.8, 4) is 11.6 Å². The highest BCUT2D eigenvalue weighted by atomic mass is 79.9. The van der Waals surface area contributed by atoms with Crippen molar-refractivity contribution in [2.24, 2.45) is 0 Å². The highest BCUT2D eigenvalue weighted by molar-refractivity contribution is 9.10. The molecule has 0 fully saturated rings. The van der Waals surface area contributed by atoms with Gasteiger partial charge in [-0.2, -0.15) is 4.98 Å². The summed E-state index contributed by atoms with van der Waals surface area (Å²) in [5.41, 5.74) is 1.88. The van der Waals surface area contributed by atoms with Crippen LogP contribution in [0.1, 0.15) is 5.56 Å². The van der Waals surface area contributed by atoms with Crippen molar-refractivity contribution < 1.29 is 9.66 Å². The third-order valence-corrected chi connectivity index (χ3v) is 4.83. The van der Waals surface area contributed by atoms with Crippen LogP contribution in [0.3, 0.4) is 0 Å². The van der Waals surface area contributed by atoms with Gasteiger partial charge < -0.3 is 10.1 Å². The molecule has 0 saturated carbocycles. The zero-order chi connectivity index (χ0) is 20.4. The summed E-state index contributed by atoms with van der Waals surface area (Å²) in [5.74, 6) is 0.224. The van der Waals surface area contributed by atoms with Crippen molar-refractivity contribution >= 4 is 44.0 Å². The monoisotopic (exact) mass is 451 g/mol. The molecular weight excluding hydrogens is 438 g/mol. The Morgan fingerprint density at radius 1 is 1.10 bits per heavy atom. The molecule has 0 amide bonds. The van der Waals surface area contributed by atoms with E-state index in [0.29, 0.717) is 17.0 Å². The molecule has 0 aliphatic heterocycles. The van der Waals surface area contributed by atoms with Gasteiger partial charge >= 0.3 is 11.6 Å². The van der Waals surface area contributed by atoms with Crippen LogP contribution in [0, 0.1) is 17.0 Å². The van der Waals surface area contributed by atoms with Crippen LogP contribution in [-0.4, -0.2) is 19.9 Å². The van der Waals surface area contributed by atoms with E-state index in [1.54, 1.807) is 30.5 Å². The van der Waals surface area contributed by atoms with Crippen LogP contribution in [-0.2, 0) is 0 Å². The second-order valence-corrected chi connectivity index (χ2v) is 7.03. The average molecular weight is 452 g/mol. The van der Waals surface area contributed by atoms with E-state index in [2.05, 4.69) is 36.2 Å². The summed E-state index contributed by atoms with van der Waals surface area (Å²) in [6.07, 6.45) is 2.84. The number of aromatic nitrogens is 3. The van der Waals surface area contributed by atoms with Crippen LogP contribution in [0.15, 0.2) is 65.5 Å². The predicted octanol–water partition coefficient (Wildman–Crippen LogP) is 5.54. The molecule has 0 aliphatic carbocycles. The second kappa shape index (κ2) is 7.80. The molecule has 1 N–H and O–H groups in total. The van der Waals surface area contributed by atoms with E-state index < -0.39 is 4.92 Å². The standard InChI is InChI=1S/C20H14BrN5O3/c1-12-4-2-5-13(10-12)25-19-18(26(27)28)20(24-11-23-19)29-16-8-7-15(21)14-6-3-9-22-17(14)16/h2-11H,1H3,(H,23,24,25). The maximum Gasteiger partial charge on any atom is 0.373 e. The number of hydrogen-bond acceptors (Lipinski definition) is 7. The van der Waals surface area contributed by atoms with Crippen molar-refractivity contribution in [1.29, 1.82) is 0 Å². The summed E-state index contributed by atoms with van der Waals surface area (Å²) >= 11 is 3.47. The van der Waals surface area contributed by atoms with Gasteiger partial charge in [0.25, 0.3) is 0 Å². The molecule has 0 aliphatic rings. The zero-order valence-electron chi connectivity index (χ0n) is 15.2.